The number of nitrogens with one attached hydrogen (secondary N) is 1. The fourth-order valence-corrected chi connectivity index (χ4v) is 2.92. The fourth-order valence-electron chi connectivity index (χ4n) is 2.92. The lowest BCUT2D eigenvalue weighted by Gasteiger charge is -2.15. The molecular weight excluding hydrogens is 323 g/mol. The second-order valence-electron chi connectivity index (χ2n) is 5.56. The Hall–Kier alpha value is -3.17. The zero-order chi connectivity index (χ0) is 18.0. The molecule has 0 bridgehead atoms. The van der Waals surface area contributed by atoms with Crippen molar-refractivity contribution in [3.63, 3.8) is 0 Å². The van der Waals surface area contributed by atoms with Crippen molar-refractivity contribution in [2.75, 3.05) is 6.61 Å². The Labute approximate surface area is 142 Å². The number of ether oxygens (including phenoxy) is 1. The fraction of sp³-hybridized carbons (Fsp3) is 0.158. The predicted octanol–water partition coefficient (Wildman–Crippen LogP) is 3.04. The van der Waals surface area contributed by atoms with E-state index in [4.69, 9.17) is 10.00 Å². The molecule has 126 valence electrons. The van der Waals surface area contributed by atoms with Gasteiger partial charge in [-0.25, -0.2) is 4.39 Å². The Morgan fingerprint density at radius 2 is 2.08 bits per heavy atom. The van der Waals surface area contributed by atoms with Gasteiger partial charge in [-0.2, -0.15) is 5.26 Å². The van der Waals surface area contributed by atoms with Crippen LogP contribution in [0.5, 0.6) is 5.75 Å². The summed E-state index contributed by atoms with van der Waals surface area (Å²) in [4.78, 5) is 14.8. The molecule has 2 N–H and O–H groups in total. The number of nitriles is 1. The number of halogens is 1. The molecule has 0 fully saturated rings. The summed E-state index contributed by atoms with van der Waals surface area (Å²) < 4.78 is 19.4. The smallest absolute Gasteiger partial charge is 0.255 e. The van der Waals surface area contributed by atoms with Crippen LogP contribution in [-0.4, -0.2) is 16.7 Å². The van der Waals surface area contributed by atoms with Gasteiger partial charge in [0.1, 0.15) is 17.6 Å². The van der Waals surface area contributed by atoms with Crippen molar-refractivity contribution in [1.82, 2.24) is 4.98 Å². The first kappa shape index (κ1) is 16.7. The van der Waals surface area contributed by atoms with Gasteiger partial charge in [-0.15, -0.1) is 0 Å². The number of aryl methyl sites for hydroxylation is 1. The topological polar surface area (TPSA) is 86.1 Å². The third-order valence-electron chi connectivity index (χ3n) is 4.07. The van der Waals surface area contributed by atoms with E-state index >= 15 is 0 Å². The van der Waals surface area contributed by atoms with Crippen LogP contribution in [0.1, 0.15) is 11.1 Å². The first-order valence-electron chi connectivity index (χ1n) is 7.61. The molecule has 1 aromatic heterocycles. The van der Waals surface area contributed by atoms with Gasteiger partial charge in [0.15, 0.2) is 6.61 Å². The highest BCUT2D eigenvalue weighted by Crippen LogP contribution is 2.34. The second-order valence-corrected chi connectivity index (χ2v) is 5.56. The summed E-state index contributed by atoms with van der Waals surface area (Å²) in [5, 5.41) is 19.2. The highest BCUT2D eigenvalue weighted by atomic mass is 19.1. The number of H-pyrrole nitrogens is 1. The van der Waals surface area contributed by atoms with Crippen LogP contribution in [0, 0.1) is 24.1 Å². The zero-order valence-corrected chi connectivity index (χ0v) is 13.5. The molecule has 25 heavy (non-hydrogen) atoms. The summed E-state index contributed by atoms with van der Waals surface area (Å²) in [6.07, 6.45) is 1.52. The molecule has 0 spiro atoms. The molecule has 3 rings (SSSR count). The molecule has 0 saturated carbocycles. The SMILES string of the molecule is Cc1ccc(F)c(CO)c1-c1c[nH]c(=O)c2cc(OCC#N)ccc12. The summed E-state index contributed by atoms with van der Waals surface area (Å²) >= 11 is 0. The number of aliphatic hydroxyl groups is 1. The quantitative estimate of drug-likeness (QED) is 0.765. The van der Waals surface area contributed by atoms with E-state index in [1.54, 1.807) is 24.3 Å². The van der Waals surface area contributed by atoms with Gasteiger partial charge >= 0.3 is 0 Å². The second kappa shape index (κ2) is 6.75. The standard InChI is InChI=1S/C19H15FN2O3/c1-11-2-5-17(20)16(10-23)18(11)15-9-22-19(24)14-8-12(25-7-6-21)3-4-13(14)15/h2-5,8-9,23H,7,10H2,1H3,(H,22,24). The Morgan fingerprint density at radius 3 is 2.80 bits per heavy atom. The van der Waals surface area contributed by atoms with Crippen molar-refractivity contribution >= 4 is 10.8 Å². The number of aromatic nitrogens is 1. The summed E-state index contributed by atoms with van der Waals surface area (Å²) in [5.41, 5.74) is 1.81. The molecule has 2 aromatic carbocycles. The number of aromatic amines is 1. The molecule has 6 heteroatoms. The van der Waals surface area contributed by atoms with E-state index in [-0.39, 0.29) is 17.7 Å². The van der Waals surface area contributed by atoms with Crippen molar-refractivity contribution < 1.29 is 14.2 Å². The minimum absolute atomic E-state index is 0.124. The minimum Gasteiger partial charge on any atom is -0.479 e. The molecule has 0 radical (unpaired) electrons. The van der Waals surface area contributed by atoms with Crippen LogP contribution in [0.25, 0.3) is 21.9 Å². The summed E-state index contributed by atoms with van der Waals surface area (Å²) in [6, 6.07) is 9.69. The van der Waals surface area contributed by atoms with Crippen LogP contribution < -0.4 is 10.3 Å². The number of benzene rings is 2. The van der Waals surface area contributed by atoms with Gasteiger partial charge in [0.2, 0.25) is 0 Å². The minimum atomic E-state index is -0.503. The van der Waals surface area contributed by atoms with Crippen LogP contribution >= 0.6 is 0 Å². The van der Waals surface area contributed by atoms with E-state index in [1.807, 2.05) is 13.0 Å². The Bertz CT molecular complexity index is 1050. The molecule has 0 aliphatic rings. The predicted molar refractivity (Wildman–Crippen MR) is 91.7 cm³/mol. The third-order valence-corrected chi connectivity index (χ3v) is 4.07. The maximum absolute atomic E-state index is 14.1. The van der Waals surface area contributed by atoms with Gasteiger partial charge in [-0.1, -0.05) is 6.07 Å². The van der Waals surface area contributed by atoms with Crippen LogP contribution in [0.15, 0.2) is 41.3 Å². The summed E-state index contributed by atoms with van der Waals surface area (Å²) in [7, 11) is 0. The van der Waals surface area contributed by atoms with Gasteiger partial charge in [0.05, 0.1) is 12.0 Å². The van der Waals surface area contributed by atoms with E-state index in [0.717, 1.165) is 5.56 Å². The van der Waals surface area contributed by atoms with Gasteiger partial charge < -0.3 is 14.8 Å². The van der Waals surface area contributed by atoms with E-state index < -0.39 is 12.4 Å². The molecule has 0 saturated heterocycles. The van der Waals surface area contributed by atoms with Gasteiger partial charge in [-0.05, 0) is 47.7 Å². The molecule has 0 aliphatic carbocycles. The average Bonchev–Trinajstić information content (AvgIpc) is 2.62. The molecule has 1 heterocycles. The lowest BCUT2D eigenvalue weighted by atomic mass is 9.92. The maximum Gasteiger partial charge on any atom is 0.255 e. The third kappa shape index (κ3) is 2.97. The normalized spacial score (nSPS) is 10.6. The van der Waals surface area contributed by atoms with E-state index in [0.29, 0.717) is 27.6 Å². The van der Waals surface area contributed by atoms with Gasteiger partial charge in [0, 0.05) is 17.3 Å². The van der Waals surface area contributed by atoms with Crippen LogP contribution in [0.4, 0.5) is 4.39 Å². The Balaban J connectivity index is 2.29. The summed E-state index contributed by atoms with van der Waals surface area (Å²) in [5.74, 6) is -0.105. The van der Waals surface area contributed by atoms with Gasteiger partial charge in [-0.3, -0.25) is 4.79 Å². The molecule has 3 aromatic rings. The van der Waals surface area contributed by atoms with E-state index in [2.05, 4.69) is 4.98 Å². The van der Waals surface area contributed by atoms with Crippen molar-refractivity contribution in [3.05, 3.63) is 63.8 Å². The van der Waals surface area contributed by atoms with E-state index in [9.17, 15) is 14.3 Å². The lowest BCUT2D eigenvalue weighted by molar-refractivity contribution is 0.276. The Kier molecular flexibility index (Phi) is 4.50. The van der Waals surface area contributed by atoms with Crippen molar-refractivity contribution in [3.8, 4) is 22.9 Å². The lowest BCUT2D eigenvalue weighted by Crippen LogP contribution is -2.08. The van der Waals surface area contributed by atoms with Crippen LogP contribution in [-0.2, 0) is 6.61 Å². The molecule has 5 nitrogen and oxygen atoms in total. The molecule has 0 atom stereocenters. The monoisotopic (exact) mass is 338 g/mol. The highest BCUT2D eigenvalue weighted by Gasteiger charge is 2.16. The number of pyridine rings is 1. The average molecular weight is 338 g/mol. The number of rotatable bonds is 4. The first-order chi connectivity index (χ1) is 12.1. The van der Waals surface area contributed by atoms with Gasteiger partial charge in [0.25, 0.3) is 5.56 Å². The largest absolute Gasteiger partial charge is 0.479 e. The molecule has 0 amide bonds. The number of aliphatic hydroxyl groups excluding tert-OH is 1. The first-order valence-corrected chi connectivity index (χ1v) is 7.61. The van der Waals surface area contributed by atoms with Crippen LogP contribution in [0.3, 0.4) is 0 Å². The zero-order valence-electron chi connectivity index (χ0n) is 13.5. The number of hydrogen-bond acceptors (Lipinski definition) is 4. The molecule has 0 unspecified atom stereocenters. The summed E-state index contributed by atoms with van der Waals surface area (Å²) in [6.45, 7) is 1.24. The highest BCUT2D eigenvalue weighted by molar-refractivity contribution is 5.97. The molecule has 0 aliphatic heterocycles. The Morgan fingerprint density at radius 1 is 1.28 bits per heavy atom. The molecular formula is C19H15FN2O3. The van der Waals surface area contributed by atoms with Crippen molar-refractivity contribution in [1.29, 1.82) is 5.26 Å². The van der Waals surface area contributed by atoms with Crippen molar-refractivity contribution in [2.45, 2.75) is 13.5 Å². The number of nitrogens with zero attached hydrogens (tertiary/aromatic N) is 1. The maximum atomic E-state index is 14.1. The number of fused-ring (bicyclic) bond motifs is 1. The van der Waals surface area contributed by atoms with Crippen molar-refractivity contribution in [2.24, 2.45) is 0 Å². The van der Waals surface area contributed by atoms with Crippen LogP contribution in [0.2, 0.25) is 0 Å². The van der Waals surface area contributed by atoms with E-state index in [1.165, 1.54) is 12.3 Å². The number of hydrogen-bond donors (Lipinski definition) is 2.